The Hall–Kier alpha value is -1.02. The molecule has 0 heterocycles. The third-order valence-corrected chi connectivity index (χ3v) is 4.03. The molecule has 124 valence electrons. The predicted molar refractivity (Wildman–Crippen MR) is 93.6 cm³/mol. The van der Waals surface area contributed by atoms with E-state index in [2.05, 4.69) is 6.92 Å². The molecule has 0 aliphatic heterocycles. The van der Waals surface area contributed by atoms with Crippen LogP contribution in [0.25, 0.3) is 0 Å². The van der Waals surface area contributed by atoms with Crippen molar-refractivity contribution >= 4 is 17.6 Å². The van der Waals surface area contributed by atoms with Crippen molar-refractivity contribution in [2.75, 3.05) is 6.61 Å². The van der Waals surface area contributed by atoms with Gasteiger partial charge in [-0.15, -0.1) is 0 Å². The van der Waals surface area contributed by atoms with E-state index in [0.29, 0.717) is 17.2 Å². The van der Waals surface area contributed by atoms with Crippen molar-refractivity contribution < 1.29 is 9.53 Å². The molecule has 0 aromatic heterocycles. The van der Waals surface area contributed by atoms with E-state index >= 15 is 0 Å². The fraction of sp³-hybridized carbons (Fsp3) is 0.632. The Morgan fingerprint density at radius 2 is 1.55 bits per heavy atom. The first-order valence-corrected chi connectivity index (χ1v) is 9.04. The molecule has 3 heteroatoms. The SMILES string of the molecule is CCCCCCCCCCCCOC(=O)c1cccc(Cl)c1. The Bertz CT molecular complexity index is 418. The number of benzene rings is 1. The fourth-order valence-corrected chi connectivity index (χ4v) is 2.64. The minimum absolute atomic E-state index is 0.279. The van der Waals surface area contributed by atoms with Gasteiger partial charge in [-0.25, -0.2) is 4.79 Å². The summed E-state index contributed by atoms with van der Waals surface area (Å²) in [5, 5.41) is 0.563. The van der Waals surface area contributed by atoms with Gasteiger partial charge in [0.25, 0.3) is 0 Å². The molecule has 2 nitrogen and oxygen atoms in total. The second kappa shape index (κ2) is 12.5. The summed E-state index contributed by atoms with van der Waals surface area (Å²) < 4.78 is 5.26. The van der Waals surface area contributed by atoms with Gasteiger partial charge >= 0.3 is 5.97 Å². The zero-order chi connectivity index (χ0) is 16.0. The standard InChI is InChI=1S/C19H29ClO2/c1-2-3-4-5-6-7-8-9-10-11-15-22-19(21)17-13-12-14-18(20)16-17/h12-14,16H,2-11,15H2,1H3. The maximum Gasteiger partial charge on any atom is 0.338 e. The molecule has 0 saturated heterocycles. The van der Waals surface area contributed by atoms with Gasteiger partial charge in [-0.3, -0.25) is 0 Å². The molecular weight excluding hydrogens is 296 g/mol. The summed E-state index contributed by atoms with van der Waals surface area (Å²) in [6, 6.07) is 6.88. The van der Waals surface area contributed by atoms with E-state index in [9.17, 15) is 4.79 Å². The van der Waals surface area contributed by atoms with Crippen molar-refractivity contribution in [3.05, 3.63) is 34.9 Å². The van der Waals surface area contributed by atoms with Crippen molar-refractivity contribution in [2.24, 2.45) is 0 Å². The lowest BCUT2D eigenvalue weighted by molar-refractivity contribution is 0.0497. The van der Waals surface area contributed by atoms with Crippen LogP contribution in [0.2, 0.25) is 5.02 Å². The van der Waals surface area contributed by atoms with Crippen LogP contribution in [0.1, 0.15) is 81.5 Å². The van der Waals surface area contributed by atoms with E-state index in [-0.39, 0.29) is 5.97 Å². The zero-order valence-electron chi connectivity index (χ0n) is 13.8. The zero-order valence-corrected chi connectivity index (χ0v) is 14.5. The molecule has 0 aliphatic carbocycles. The number of rotatable bonds is 12. The monoisotopic (exact) mass is 324 g/mol. The lowest BCUT2D eigenvalue weighted by Gasteiger charge is -2.05. The highest BCUT2D eigenvalue weighted by Crippen LogP contribution is 2.13. The van der Waals surface area contributed by atoms with Gasteiger partial charge in [0.15, 0.2) is 0 Å². The van der Waals surface area contributed by atoms with Crippen LogP contribution < -0.4 is 0 Å². The summed E-state index contributed by atoms with van der Waals surface area (Å²) in [6.45, 7) is 2.75. The van der Waals surface area contributed by atoms with Gasteiger partial charge < -0.3 is 4.74 Å². The van der Waals surface area contributed by atoms with Crippen LogP contribution in [0.15, 0.2) is 24.3 Å². The number of esters is 1. The van der Waals surface area contributed by atoms with Crippen LogP contribution in [-0.4, -0.2) is 12.6 Å². The Kier molecular flexibility index (Phi) is 10.8. The maximum absolute atomic E-state index is 11.8. The number of hydrogen-bond donors (Lipinski definition) is 0. The lowest BCUT2D eigenvalue weighted by Crippen LogP contribution is -2.06. The summed E-state index contributed by atoms with van der Waals surface area (Å²) in [7, 11) is 0. The van der Waals surface area contributed by atoms with Crippen molar-refractivity contribution in [1.82, 2.24) is 0 Å². The van der Waals surface area contributed by atoms with Gasteiger partial charge in [0, 0.05) is 5.02 Å². The van der Waals surface area contributed by atoms with Gasteiger partial charge in [-0.05, 0) is 24.6 Å². The van der Waals surface area contributed by atoms with Gasteiger partial charge in [0.2, 0.25) is 0 Å². The van der Waals surface area contributed by atoms with Crippen molar-refractivity contribution in [3.63, 3.8) is 0 Å². The summed E-state index contributed by atoms with van der Waals surface area (Å²) in [6.07, 6.45) is 12.8. The van der Waals surface area contributed by atoms with Crippen LogP contribution in [0.5, 0.6) is 0 Å². The Morgan fingerprint density at radius 3 is 2.14 bits per heavy atom. The Labute approximate surface area is 140 Å². The van der Waals surface area contributed by atoms with Crippen LogP contribution in [-0.2, 0) is 4.74 Å². The molecule has 0 aliphatic rings. The minimum atomic E-state index is -0.279. The first-order chi connectivity index (χ1) is 10.7. The molecule has 0 atom stereocenters. The van der Waals surface area contributed by atoms with Gasteiger partial charge in [0.1, 0.15) is 0 Å². The van der Waals surface area contributed by atoms with E-state index in [0.717, 1.165) is 12.8 Å². The predicted octanol–water partition coefficient (Wildman–Crippen LogP) is 6.42. The third kappa shape index (κ3) is 9.09. The summed E-state index contributed by atoms with van der Waals surface area (Å²) in [5.41, 5.74) is 0.527. The summed E-state index contributed by atoms with van der Waals surface area (Å²) in [5.74, 6) is -0.279. The van der Waals surface area contributed by atoms with Crippen LogP contribution in [0.3, 0.4) is 0 Å². The first kappa shape index (κ1) is 19.0. The fourth-order valence-electron chi connectivity index (χ4n) is 2.45. The van der Waals surface area contributed by atoms with Crippen molar-refractivity contribution in [1.29, 1.82) is 0 Å². The highest BCUT2D eigenvalue weighted by Gasteiger charge is 2.06. The topological polar surface area (TPSA) is 26.3 Å². The molecule has 0 fully saturated rings. The number of hydrogen-bond acceptors (Lipinski definition) is 2. The Morgan fingerprint density at radius 1 is 0.955 bits per heavy atom. The molecular formula is C19H29ClO2. The van der Waals surface area contributed by atoms with Gasteiger partial charge in [0.05, 0.1) is 12.2 Å². The van der Waals surface area contributed by atoms with Crippen molar-refractivity contribution in [3.8, 4) is 0 Å². The molecule has 0 spiro atoms. The van der Waals surface area contributed by atoms with Crippen LogP contribution >= 0.6 is 11.6 Å². The summed E-state index contributed by atoms with van der Waals surface area (Å²) in [4.78, 5) is 11.8. The number of unbranched alkanes of at least 4 members (excludes halogenated alkanes) is 9. The smallest absolute Gasteiger partial charge is 0.338 e. The van der Waals surface area contributed by atoms with Crippen molar-refractivity contribution in [2.45, 2.75) is 71.1 Å². The second-order valence-electron chi connectivity index (χ2n) is 5.83. The molecule has 0 radical (unpaired) electrons. The minimum Gasteiger partial charge on any atom is -0.462 e. The third-order valence-electron chi connectivity index (χ3n) is 3.79. The van der Waals surface area contributed by atoms with E-state index in [1.165, 1.54) is 51.4 Å². The van der Waals surface area contributed by atoms with E-state index < -0.39 is 0 Å². The molecule has 0 saturated carbocycles. The number of carbonyl (C=O) groups excluding carboxylic acids is 1. The first-order valence-electron chi connectivity index (χ1n) is 8.66. The highest BCUT2D eigenvalue weighted by molar-refractivity contribution is 6.30. The largest absolute Gasteiger partial charge is 0.462 e. The molecule has 1 rings (SSSR count). The molecule has 22 heavy (non-hydrogen) atoms. The Balaban J connectivity index is 1.94. The van der Waals surface area contributed by atoms with Gasteiger partial charge in [-0.1, -0.05) is 82.4 Å². The van der Waals surface area contributed by atoms with Gasteiger partial charge in [-0.2, -0.15) is 0 Å². The molecule has 1 aromatic carbocycles. The highest BCUT2D eigenvalue weighted by atomic mass is 35.5. The number of carbonyl (C=O) groups is 1. The molecule has 0 N–H and O–H groups in total. The molecule has 0 amide bonds. The van der Waals surface area contributed by atoms with E-state index in [1.807, 2.05) is 0 Å². The molecule has 0 bridgehead atoms. The molecule has 0 unspecified atom stereocenters. The molecule has 1 aromatic rings. The summed E-state index contributed by atoms with van der Waals surface area (Å²) >= 11 is 5.85. The van der Waals surface area contributed by atoms with Crippen LogP contribution in [0.4, 0.5) is 0 Å². The average molecular weight is 325 g/mol. The quantitative estimate of drug-likeness (QED) is 0.327. The lowest BCUT2D eigenvalue weighted by atomic mass is 10.1. The number of halogens is 1. The second-order valence-corrected chi connectivity index (χ2v) is 6.26. The maximum atomic E-state index is 11.8. The van der Waals surface area contributed by atoms with Crippen LogP contribution in [0, 0.1) is 0 Å². The van der Waals surface area contributed by atoms with E-state index in [1.54, 1.807) is 24.3 Å². The average Bonchev–Trinajstić information content (AvgIpc) is 2.52. The number of ether oxygens (including phenoxy) is 1. The van der Waals surface area contributed by atoms with E-state index in [4.69, 9.17) is 16.3 Å². The normalized spacial score (nSPS) is 10.6.